The lowest BCUT2D eigenvalue weighted by molar-refractivity contribution is -0.136. The minimum atomic E-state index is -0.917. The summed E-state index contributed by atoms with van der Waals surface area (Å²) in [6, 6.07) is 15.5. The average molecular weight is 505 g/mol. The van der Waals surface area contributed by atoms with Crippen LogP contribution in [0.2, 0.25) is 15.1 Å². The molecule has 9 heteroatoms. The number of hydrogen-bond donors (Lipinski definition) is 2. The number of hydrazone groups is 1. The maximum Gasteiger partial charge on any atom is 0.329 e. The van der Waals surface area contributed by atoms with E-state index in [-0.39, 0.29) is 6.61 Å². The molecule has 0 aliphatic heterocycles. The lowest BCUT2D eigenvalue weighted by Gasteiger charge is -2.12. The summed E-state index contributed by atoms with van der Waals surface area (Å²) < 4.78 is 5.84. The standard InChI is InChI=1S/C24H20Cl3N3O3/c1-14-5-3-8-21(15(14)2)29-23(31)24(32)30-28-12-16-11-17(25)9-10-22(16)33-13-18-19(26)6-4-7-20(18)27/h3-12H,13H2,1-2H3,(H,29,31)(H,30,32)/b28-12-. The van der Waals surface area contributed by atoms with Crippen LogP contribution >= 0.6 is 34.8 Å². The summed E-state index contributed by atoms with van der Waals surface area (Å²) in [6.45, 7) is 3.89. The summed E-state index contributed by atoms with van der Waals surface area (Å²) >= 11 is 18.5. The fourth-order valence-electron chi connectivity index (χ4n) is 2.85. The van der Waals surface area contributed by atoms with Crippen LogP contribution in [0.1, 0.15) is 22.3 Å². The second-order valence-electron chi connectivity index (χ2n) is 7.07. The second-order valence-corrected chi connectivity index (χ2v) is 8.32. The Morgan fingerprint density at radius 3 is 2.39 bits per heavy atom. The summed E-state index contributed by atoms with van der Waals surface area (Å²) in [4.78, 5) is 24.3. The summed E-state index contributed by atoms with van der Waals surface area (Å²) in [7, 11) is 0. The Labute approximate surface area is 206 Å². The minimum Gasteiger partial charge on any atom is -0.488 e. The molecule has 0 radical (unpaired) electrons. The molecule has 0 bridgehead atoms. The van der Waals surface area contributed by atoms with Gasteiger partial charge < -0.3 is 10.1 Å². The van der Waals surface area contributed by atoms with Crippen molar-refractivity contribution < 1.29 is 14.3 Å². The Morgan fingerprint density at radius 2 is 1.67 bits per heavy atom. The van der Waals surface area contributed by atoms with Gasteiger partial charge in [0, 0.05) is 31.9 Å². The number of rotatable bonds is 6. The van der Waals surface area contributed by atoms with E-state index in [1.54, 1.807) is 48.5 Å². The van der Waals surface area contributed by atoms with E-state index in [9.17, 15) is 9.59 Å². The molecule has 0 aromatic heterocycles. The molecule has 0 heterocycles. The Kier molecular flexibility index (Phi) is 8.33. The molecule has 0 saturated carbocycles. The average Bonchev–Trinajstić information content (AvgIpc) is 2.77. The van der Waals surface area contributed by atoms with Crippen molar-refractivity contribution in [2.75, 3.05) is 5.32 Å². The molecule has 33 heavy (non-hydrogen) atoms. The number of ether oxygens (including phenoxy) is 1. The van der Waals surface area contributed by atoms with E-state index in [4.69, 9.17) is 39.5 Å². The first-order chi connectivity index (χ1) is 15.8. The predicted molar refractivity (Wildman–Crippen MR) is 133 cm³/mol. The van der Waals surface area contributed by atoms with E-state index < -0.39 is 11.8 Å². The van der Waals surface area contributed by atoms with E-state index in [1.165, 1.54) is 6.21 Å². The van der Waals surface area contributed by atoms with Gasteiger partial charge in [0.25, 0.3) is 0 Å². The fraction of sp³-hybridized carbons (Fsp3) is 0.125. The minimum absolute atomic E-state index is 0.117. The highest BCUT2D eigenvalue weighted by molar-refractivity contribution is 6.39. The highest BCUT2D eigenvalue weighted by atomic mass is 35.5. The number of amides is 2. The molecule has 0 saturated heterocycles. The van der Waals surface area contributed by atoms with Gasteiger partial charge in [0.15, 0.2) is 0 Å². The van der Waals surface area contributed by atoms with E-state index in [0.29, 0.717) is 37.6 Å². The Bertz CT molecular complexity index is 1210. The molecule has 0 aliphatic rings. The van der Waals surface area contributed by atoms with Gasteiger partial charge in [-0.3, -0.25) is 9.59 Å². The lowest BCUT2D eigenvalue weighted by Crippen LogP contribution is -2.32. The summed E-state index contributed by atoms with van der Waals surface area (Å²) in [5.41, 5.74) is 5.76. The highest BCUT2D eigenvalue weighted by Gasteiger charge is 2.15. The van der Waals surface area contributed by atoms with Gasteiger partial charge in [-0.15, -0.1) is 0 Å². The van der Waals surface area contributed by atoms with Crippen molar-refractivity contribution in [3.05, 3.63) is 91.9 Å². The maximum atomic E-state index is 12.2. The first-order valence-electron chi connectivity index (χ1n) is 9.82. The maximum absolute atomic E-state index is 12.2. The van der Waals surface area contributed by atoms with Crippen LogP contribution in [-0.4, -0.2) is 18.0 Å². The van der Waals surface area contributed by atoms with Gasteiger partial charge in [0.1, 0.15) is 12.4 Å². The Balaban J connectivity index is 1.66. The van der Waals surface area contributed by atoms with Gasteiger partial charge in [-0.05, 0) is 61.4 Å². The smallest absolute Gasteiger partial charge is 0.329 e. The monoisotopic (exact) mass is 503 g/mol. The van der Waals surface area contributed by atoms with Crippen molar-refractivity contribution in [1.29, 1.82) is 0 Å². The van der Waals surface area contributed by atoms with E-state index in [2.05, 4.69) is 15.8 Å². The van der Waals surface area contributed by atoms with E-state index in [1.807, 2.05) is 19.9 Å². The third kappa shape index (κ3) is 6.48. The largest absolute Gasteiger partial charge is 0.488 e. The number of aryl methyl sites for hydroxylation is 1. The molecule has 0 atom stereocenters. The first kappa shape index (κ1) is 24.6. The molecular weight excluding hydrogens is 485 g/mol. The molecule has 0 aliphatic carbocycles. The van der Waals surface area contributed by atoms with Crippen molar-refractivity contribution in [2.24, 2.45) is 5.10 Å². The van der Waals surface area contributed by atoms with Crippen LogP contribution < -0.4 is 15.5 Å². The summed E-state index contributed by atoms with van der Waals surface area (Å²) in [6.07, 6.45) is 1.33. The second kappa shape index (κ2) is 11.2. The third-order valence-electron chi connectivity index (χ3n) is 4.83. The van der Waals surface area contributed by atoms with Crippen LogP contribution in [-0.2, 0) is 16.2 Å². The molecule has 3 aromatic rings. The molecule has 2 amide bonds. The molecule has 6 nitrogen and oxygen atoms in total. The SMILES string of the molecule is Cc1cccc(NC(=O)C(=O)N/N=C\c2cc(Cl)ccc2OCc2c(Cl)cccc2Cl)c1C. The van der Waals surface area contributed by atoms with Gasteiger partial charge in [0.2, 0.25) is 0 Å². The van der Waals surface area contributed by atoms with Gasteiger partial charge in [0.05, 0.1) is 6.21 Å². The molecule has 3 aromatic carbocycles. The lowest BCUT2D eigenvalue weighted by atomic mass is 10.1. The normalized spacial score (nSPS) is 10.8. The zero-order chi connectivity index (χ0) is 24.0. The van der Waals surface area contributed by atoms with Gasteiger partial charge in [-0.1, -0.05) is 53.0 Å². The molecule has 0 fully saturated rings. The number of nitrogens with zero attached hydrogens (tertiary/aromatic N) is 1. The topological polar surface area (TPSA) is 79.8 Å². The molecule has 2 N–H and O–H groups in total. The van der Waals surface area contributed by atoms with Crippen molar-refractivity contribution in [2.45, 2.75) is 20.5 Å². The van der Waals surface area contributed by atoms with Crippen LogP contribution in [0.25, 0.3) is 0 Å². The zero-order valence-corrected chi connectivity index (χ0v) is 20.1. The molecule has 0 spiro atoms. The van der Waals surface area contributed by atoms with Crippen molar-refractivity contribution >= 4 is 58.5 Å². The first-order valence-corrected chi connectivity index (χ1v) is 11.0. The number of halogens is 3. The van der Waals surface area contributed by atoms with Crippen LogP contribution in [0, 0.1) is 13.8 Å². The van der Waals surface area contributed by atoms with Crippen molar-refractivity contribution in [1.82, 2.24) is 5.43 Å². The predicted octanol–water partition coefficient (Wildman–Crippen LogP) is 5.93. The molecule has 170 valence electrons. The van der Waals surface area contributed by atoms with Gasteiger partial charge >= 0.3 is 11.8 Å². The van der Waals surface area contributed by atoms with Crippen LogP contribution in [0.4, 0.5) is 5.69 Å². The van der Waals surface area contributed by atoms with Crippen molar-refractivity contribution in [3.63, 3.8) is 0 Å². The quantitative estimate of drug-likeness (QED) is 0.248. The summed E-state index contributed by atoms with van der Waals surface area (Å²) in [5, 5.41) is 7.84. The Hall–Kier alpha value is -3.06. The number of carbonyl (C=O) groups is 2. The van der Waals surface area contributed by atoms with Gasteiger partial charge in [-0.2, -0.15) is 5.10 Å². The van der Waals surface area contributed by atoms with Crippen LogP contribution in [0.3, 0.4) is 0 Å². The van der Waals surface area contributed by atoms with Gasteiger partial charge in [-0.25, -0.2) is 5.43 Å². The van der Waals surface area contributed by atoms with E-state index in [0.717, 1.165) is 11.1 Å². The molecular formula is C24H20Cl3N3O3. The van der Waals surface area contributed by atoms with Crippen LogP contribution in [0.5, 0.6) is 5.75 Å². The number of anilines is 1. The zero-order valence-electron chi connectivity index (χ0n) is 17.8. The molecule has 0 unspecified atom stereocenters. The Morgan fingerprint density at radius 1 is 0.970 bits per heavy atom. The highest BCUT2D eigenvalue weighted by Crippen LogP contribution is 2.28. The number of benzene rings is 3. The number of nitrogens with one attached hydrogen (secondary N) is 2. The third-order valence-corrected chi connectivity index (χ3v) is 5.78. The number of carbonyl (C=O) groups excluding carboxylic acids is 2. The van der Waals surface area contributed by atoms with Crippen LogP contribution in [0.15, 0.2) is 59.7 Å². The molecule has 3 rings (SSSR count). The van der Waals surface area contributed by atoms with E-state index >= 15 is 0 Å². The fourth-order valence-corrected chi connectivity index (χ4v) is 3.54. The number of hydrogen-bond acceptors (Lipinski definition) is 4. The van der Waals surface area contributed by atoms with Crippen molar-refractivity contribution in [3.8, 4) is 5.75 Å². The summed E-state index contributed by atoms with van der Waals surface area (Å²) in [5.74, 6) is -1.32.